The maximum Gasteiger partial charge on any atom is 0.273 e. The van der Waals surface area contributed by atoms with Crippen molar-refractivity contribution in [3.8, 4) is 5.19 Å². The maximum atomic E-state index is 5.72. The lowest BCUT2D eigenvalue weighted by atomic mass is 9.88. The van der Waals surface area contributed by atoms with Crippen LogP contribution in [0.25, 0.3) is 0 Å². The minimum Gasteiger partial charge on any atom is -0.473 e. The van der Waals surface area contributed by atoms with Gasteiger partial charge in [-0.2, -0.15) is 0 Å². The van der Waals surface area contributed by atoms with Crippen LogP contribution in [0.5, 0.6) is 5.19 Å². The number of nitrogens with zero attached hydrogens (tertiary/aromatic N) is 1. The molecule has 1 aliphatic heterocycles. The summed E-state index contributed by atoms with van der Waals surface area (Å²) in [5.74, 6) is 0. The highest BCUT2D eigenvalue weighted by Crippen LogP contribution is 2.30. The quantitative estimate of drug-likeness (QED) is 0.868. The van der Waals surface area contributed by atoms with Gasteiger partial charge in [-0.15, -0.1) is 0 Å². The van der Waals surface area contributed by atoms with E-state index in [4.69, 9.17) is 9.47 Å². The Hall–Kier alpha value is -0.650. The lowest BCUT2D eigenvalue weighted by Gasteiger charge is -2.36. The number of thiazole rings is 1. The molecule has 90 valence electrons. The van der Waals surface area contributed by atoms with E-state index in [9.17, 15) is 0 Å². The topological polar surface area (TPSA) is 43.4 Å². The smallest absolute Gasteiger partial charge is 0.273 e. The van der Waals surface area contributed by atoms with Crippen LogP contribution >= 0.6 is 11.3 Å². The summed E-state index contributed by atoms with van der Waals surface area (Å²) < 4.78 is 10.8. The molecule has 16 heavy (non-hydrogen) atoms. The molecule has 2 rings (SSSR count). The molecule has 1 aromatic heterocycles. The molecule has 1 fully saturated rings. The third-order valence-electron chi connectivity index (χ3n) is 3.15. The summed E-state index contributed by atoms with van der Waals surface area (Å²) in [6, 6.07) is 0. The minimum absolute atomic E-state index is 0.0111. The lowest BCUT2D eigenvalue weighted by molar-refractivity contribution is -0.0328. The Labute approximate surface area is 100.0 Å². The van der Waals surface area contributed by atoms with Crippen molar-refractivity contribution in [1.29, 1.82) is 0 Å². The molecule has 0 amide bonds. The summed E-state index contributed by atoms with van der Waals surface area (Å²) in [5.41, 5.74) is -0.0111. The Morgan fingerprint density at radius 2 is 2.19 bits per heavy atom. The summed E-state index contributed by atoms with van der Waals surface area (Å²) >= 11 is 1.61. The summed E-state index contributed by atoms with van der Waals surface area (Å²) in [7, 11) is 3.46. The molecule has 0 aliphatic carbocycles. The van der Waals surface area contributed by atoms with E-state index in [1.165, 1.54) is 4.88 Å². The van der Waals surface area contributed by atoms with Crippen molar-refractivity contribution < 1.29 is 9.47 Å². The van der Waals surface area contributed by atoms with Crippen molar-refractivity contribution in [2.75, 3.05) is 27.3 Å². The van der Waals surface area contributed by atoms with Crippen molar-refractivity contribution in [2.45, 2.75) is 24.9 Å². The van der Waals surface area contributed by atoms with E-state index in [1.54, 1.807) is 18.4 Å². The fourth-order valence-electron chi connectivity index (χ4n) is 2.12. The van der Waals surface area contributed by atoms with Gasteiger partial charge in [-0.1, -0.05) is 11.3 Å². The van der Waals surface area contributed by atoms with E-state index in [0.29, 0.717) is 0 Å². The zero-order valence-corrected chi connectivity index (χ0v) is 10.6. The van der Waals surface area contributed by atoms with Crippen molar-refractivity contribution in [1.82, 2.24) is 10.3 Å². The predicted molar refractivity (Wildman–Crippen MR) is 64.2 cm³/mol. The highest BCUT2D eigenvalue weighted by molar-refractivity contribution is 7.13. The molecule has 0 saturated carbocycles. The second-order valence-corrected chi connectivity index (χ2v) is 5.19. The molecule has 2 heterocycles. The van der Waals surface area contributed by atoms with Gasteiger partial charge in [-0.25, -0.2) is 4.98 Å². The van der Waals surface area contributed by atoms with E-state index in [0.717, 1.165) is 37.5 Å². The Balaban J connectivity index is 2.05. The van der Waals surface area contributed by atoms with Crippen molar-refractivity contribution in [3.63, 3.8) is 0 Å². The second kappa shape index (κ2) is 5.12. The van der Waals surface area contributed by atoms with Crippen molar-refractivity contribution in [3.05, 3.63) is 11.1 Å². The highest BCUT2D eigenvalue weighted by Gasteiger charge is 2.32. The van der Waals surface area contributed by atoms with Crippen LogP contribution in [-0.4, -0.2) is 37.9 Å². The zero-order valence-electron chi connectivity index (χ0n) is 9.78. The van der Waals surface area contributed by atoms with E-state index >= 15 is 0 Å². The first kappa shape index (κ1) is 11.8. The first-order valence-corrected chi connectivity index (χ1v) is 6.34. The average Bonchev–Trinajstić information content (AvgIpc) is 2.78. The minimum atomic E-state index is -0.0111. The molecular weight excluding hydrogens is 224 g/mol. The third-order valence-corrected chi connectivity index (χ3v) is 4.11. The first-order chi connectivity index (χ1) is 7.78. The van der Waals surface area contributed by atoms with Crippen LogP contribution in [0.1, 0.15) is 17.7 Å². The number of hydrogen-bond acceptors (Lipinski definition) is 5. The van der Waals surface area contributed by atoms with Crippen LogP contribution in [-0.2, 0) is 11.2 Å². The summed E-state index contributed by atoms with van der Waals surface area (Å²) in [4.78, 5) is 5.43. The van der Waals surface area contributed by atoms with E-state index in [1.807, 2.05) is 13.3 Å². The normalized spacial score (nSPS) is 19.6. The number of ether oxygens (including phenoxy) is 2. The van der Waals surface area contributed by atoms with Crippen LogP contribution in [0, 0.1) is 0 Å². The summed E-state index contributed by atoms with van der Waals surface area (Å²) in [5, 5.41) is 4.09. The molecule has 0 spiro atoms. The third kappa shape index (κ3) is 2.53. The Kier molecular flexibility index (Phi) is 3.78. The van der Waals surface area contributed by atoms with Crippen LogP contribution < -0.4 is 10.1 Å². The number of hydrogen-bond donors (Lipinski definition) is 1. The van der Waals surface area contributed by atoms with Crippen molar-refractivity contribution >= 4 is 11.3 Å². The highest BCUT2D eigenvalue weighted by atomic mass is 32.1. The SMILES string of the molecule is COc1ncc(CC2(OC)CCNCC2)s1. The van der Waals surface area contributed by atoms with Crippen LogP contribution in [0.3, 0.4) is 0 Å². The Morgan fingerprint density at radius 1 is 1.44 bits per heavy atom. The monoisotopic (exact) mass is 242 g/mol. The molecule has 0 radical (unpaired) electrons. The van der Waals surface area contributed by atoms with Gasteiger partial charge in [0.2, 0.25) is 0 Å². The van der Waals surface area contributed by atoms with E-state index in [2.05, 4.69) is 10.3 Å². The van der Waals surface area contributed by atoms with Gasteiger partial charge in [0.05, 0.1) is 12.7 Å². The number of nitrogens with one attached hydrogen (secondary N) is 1. The molecular formula is C11H18N2O2S. The van der Waals surface area contributed by atoms with Gasteiger partial charge in [0.25, 0.3) is 5.19 Å². The summed E-state index contributed by atoms with van der Waals surface area (Å²) in [6.07, 6.45) is 4.95. The van der Waals surface area contributed by atoms with Crippen LogP contribution in [0.15, 0.2) is 6.20 Å². The maximum absolute atomic E-state index is 5.72. The standard InChI is InChI=1S/C11H18N2O2S/c1-14-10-13-8-9(16-10)7-11(15-2)3-5-12-6-4-11/h8,12H,3-7H2,1-2H3. The number of methoxy groups -OCH3 is 2. The van der Waals surface area contributed by atoms with Gasteiger partial charge in [0, 0.05) is 24.6 Å². The first-order valence-electron chi connectivity index (χ1n) is 5.52. The van der Waals surface area contributed by atoms with E-state index in [-0.39, 0.29) is 5.60 Å². The number of aromatic nitrogens is 1. The molecule has 1 N–H and O–H groups in total. The largest absolute Gasteiger partial charge is 0.473 e. The van der Waals surface area contributed by atoms with Gasteiger partial charge < -0.3 is 14.8 Å². The molecule has 1 aromatic rings. The van der Waals surface area contributed by atoms with Crippen LogP contribution in [0.2, 0.25) is 0 Å². The number of rotatable bonds is 4. The molecule has 5 heteroatoms. The van der Waals surface area contributed by atoms with Gasteiger partial charge in [0.1, 0.15) is 0 Å². The van der Waals surface area contributed by atoms with Crippen molar-refractivity contribution in [2.24, 2.45) is 0 Å². The fourth-order valence-corrected chi connectivity index (χ4v) is 2.97. The van der Waals surface area contributed by atoms with Gasteiger partial charge in [0.15, 0.2) is 0 Å². The average molecular weight is 242 g/mol. The van der Waals surface area contributed by atoms with Gasteiger partial charge in [-0.3, -0.25) is 0 Å². The molecule has 0 atom stereocenters. The predicted octanol–water partition coefficient (Wildman–Crippen LogP) is 1.46. The zero-order chi connectivity index (χ0) is 11.4. The second-order valence-electron chi connectivity index (χ2n) is 4.11. The molecule has 0 bridgehead atoms. The lowest BCUT2D eigenvalue weighted by Crippen LogP contribution is -2.44. The molecule has 0 aromatic carbocycles. The molecule has 0 unspecified atom stereocenters. The number of piperidine rings is 1. The molecule has 4 nitrogen and oxygen atoms in total. The summed E-state index contributed by atoms with van der Waals surface area (Å²) in [6.45, 7) is 2.06. The van der Waals surface area contributed by atoms with E-state index < -0.39 is 0 Å². The van der Waals surface area contributed by atoms with Gasteiger partial charge >= 0.3 is 0 Å². The Bertz CT molecular complexity index is 334. The Morgan fingerprint density at radius 3 is 2.75 bits per heavy atom. The molecule has 1 aliphatic rings. The van der Waals surface area contributed by atoms with Crippen LogP contribution in [0.4, 0.5) is 0 Å². The molecule has 1 saturated heterocycles. The fraction of sp³-hybridized carbons (Fsp3) is 0.727. The van der Waals surface area contributed by atoms with Gasteiger partial charge in [-0.05, 0) is 25.9 Å².